The lowest BCUT2D eigenvalue weighted by atomic mass is 9.92. The molecule has 0 radical (unpaired) electrons. The molecule has 7 heteroatoms. The highest BCUT2D eigenvalue weighted by molar-refractivity contribution is 5.69. The fourth-order valence-corrected chi connectivity index (χ4v) is 3.81. The number of carbonyl (C=O) groups is 1. The number of nitrogens with zero attached hydrogens (tertiary/aromatic N) is 1. The molecular weight excluding hydrogens is 396 g/mol. The highest BCUT2D eigenvalue weighted by Crippen LogP contribution is 2.35. The van der Waals surface area contributed by atoms with Crippen LogP contribution >= 0.6 is 0 Å². The van der Waals surface area contributed by atoms with Crippen molar-refractivity contribution in [3.63, 3.8) is 0 Å². The minimum absolute atomic E-state index is 0.00476. The van der Waals surface area contributed by atoms with Crippen LogP contribution in [0, 0.1) is 0 Å². The summed E-state index contributed by atoms with van der Waals surface area (Å²) in [5.41, 5.74) is 4.52. The molecule has 0 aromatic heterocycles. The average Bonchev–Trinajstić information content (AvgIpc) is 3.05. The van der Waals surface area contributed by atoms with Crippen molar-refractivity contribution < 1.29 is 24.5 Å². The quantitative estimate of drug-likeness (QED) is 0.653. The second-order valence-electron chi connectivity index (χ2n) is 9.02. The fraction of sp³-hybridized carbons (Fsp3) is 0.458. The molecule has 0 aliphatic carbocycles. The molecule has 7 nitrogen and oxygen atoms in total. The van der Waals surface area contributed by atoms with E-state index in [1.54, 1.807) is 32.9 Å². The third-order valence-corrected chi connectivity index (χ3v) is 5.24. The number of benzene rings is 2. The Hall–Kier alpha value is -2.61. The van der Waals surface area contributed by atoms with Crippen molar-refractivity contribution >= 4 is 6.09 Å². The van der Waals surface area contributed by atoms with Crippen LogP contribution in [0.4, 0.5) is 4.79 Å². The van der Waals surface area contributed by atoms with Crippen LogP contribution in [-0.4, -0.2) is 57.3 Å². The highest BCUT2D eigenvalue weighted by atomic mass is 16.6. The normalized spacial score (nSPS) is 23.3. The van der Waals surface area contributed by atoms with Gasteiger partial charge in [0.2, 0.25) is 0 Å². The molecule has 4 N–H and O–H groups in total. The molecule has 1 aliphatic heterocycles. The number of amides is 1. The van der Waals surface area contributed by atoms with Crippen LogP contribution in [0.2, 0.25) is 0 Å². The second-order valence-corrected chi connectivity index (χ2v) is 9.02. The van der Waals surface area contributed by atoms with E-state index in [1.165, 1.54) is 0 Å². The Balaban J connectivity index is 1.81. The van der Waals surface area contributed by atoms with Gasteiger partial charge in [-0.15, -0.1) is 0 Å². The number of para-hydroxylation sites is 1. The lowest BCUT2D eigenvalue weighted by Gasteiger charge is -2.39. The maximum atomic E-state index is 12.9. The van der Waals surface area contributed by atoms with Gasteiger partial charge in [-0.1, -0.05) is 48.5 Å². The van der Waals surface area contributed by atoms with Crippen molar-refractivity contribution in [2.24, 2.45) is 5.73 Å². The van der Waals surface area contributed by atoms with Crippen molar-refractivity contribution in [1.29, 1.82) is 0 Å². The van der Waals surface area contributed by atoms with E-state index in [4.69, 9.17) is 15.2 Å². The lowest BCUT2D eigenvalue weighted by Crippen LogP contribution is -2.61. The first-order valence-corrected chi connectivity index (χ1v) is 10.5. The predicted octanol–water partition coefficient (Wildman–Crippen LogP) is 2.69. The molecule has 168 valence electrons. The zero-order chi connectivity index (χ0) is 22.6. The first kappa shape index (κ1) is 23.1. The number of aliphatic hydroxyl groups is 2. The van der Waals surface area contributed by atoms with Gasteiger partial charge in [0.1, 0.15) is 23.6 Å². The molecule has 2 aromatic rings. The van der Waals surface area contributed by atoms with Gasteiger partial charge < -0.3 is 25.4 Å². The van der Waals surface area contributed by atoms with E-state index in [0.29, 0.717) is 12.2 Å². The van der Waals surface area contributed by atoms with E-state index in [2.05, 4.69) is 0 Å². The summed E-state index contributed by atoms with van der Waals surface area (Å²) in [7, 11) is 0. The molecule has 0 unspecified atom stereocenters. The van der Waals surface area contributed by atoms with E-state index in [9.17, 15) is 15.0 Å². The molecule has 1 saturated heterocycles. The molecule has 1 amide bonds. The highest BCUT2D eigenvalue weighted by Gasteiger charge is 2.55. The summed E-state index contributed by atoms with van der Waals surface area (Å²) in [6.45, 7) is 5.30. The van der Waals surface area contributed by atoms with E-state index in [-0.39, 0.29) is 13.0 Å². The van der Waals surface area contributed by atoms with Gasteiger partial charge in [0.05, 0.1) is 6.54 Å². The van der Waals surface area contributed by atoms with Gasteiger partial charge in [0.15, 0.2) is 5.72 Å². The number of likely N-dealkylation sites (tertiary alicyclic amines) is 1. The molecule has 1 fully saturated rings. The topological polar surface area (TPSA) is 105 Å². The summed E-state index contributed by atoms with van der Waals surface area (Å²) < 4.78 is 11.5. The Morgan fingerprint density at radius 1 is 1.16 bits per heavy atom. The maximum absolute atomic E-state index is 12.9. The zero-order valence-corrected chi connectivity index (χ0v) is 18.3. The summed E-state index contributed by atoms with van der Waals surface area (Å²) in [6.07, 6.45) is -2.30. The van der Waals surface area contributed by atoms with E-state index >= 15 is 0 Å². The standard InChI is InChI=1S/C24H32N2O5/c1-23(2,3)31-22(28)26-16-19(30-18-12-8-5-9-13-18)15-24(26,29)21(27)20(25)14-17-10-6-4-7-11-17/h4-13,19-21,27,29H,14-16,25H2,1-3H3/t19-,20+,21+,24-/m1/s1. The van der Waals surface area contributed by atoms with Gasteiger partial charge in [-0.3, -0.25) is 4.90 Å². The number of carbonyl (C=O) groups excluding carboxylic acids is 1. The van der Waals surface area contributed by atoms with Crippen molar-refractivity contribution in [1.82, 2.24) is 4.90 Å². The molecule has 0 saturated carbocycles. The van der Waals surface area contributed by atoms with Crippen molar-refractivity contribution in [2.45, 2.75) is 63.2 Å². The van der Waals surface area contributed by atoms with Crippen LogP contribution in [0.3, 0.4) is 0 Å². The zero-order valence-electron chi connectivity index (χ0n) is 18.3. The minimum atomic E-state index is -1.92. The Labute approximate surface area is 183 Å². The van der Waals surface area contributed by atoms with Crippen LogP contribution in [0.1, 0.15) is 32.8 Å². The summed E-state index contributed by atoms with van der Waals surface area (Å²) in [5, 5.41) is 22.6. The lowest BCUT2D eigenvalue weighted by molar-refractivity contribution is -0.160. The van der Waals surface area contributed by atoms with Crippen LogP contribution in [0.15, 0.2) is 60.7 Å². The van der Waals surface area contributed by atoms with Gasteiger partial charge in [-0.25, -0.2) is 4.79 Å². The third-order valence-electron chi connectivity index (χ3n) is 5.24. The smallest absolute Gasteiger partial charge is 0.412 e. The fourth-order valence-electron chi connectivity index (χ4n) is 3.81. The van der Waals surface area contributed by atoms with Crippen LogP contribution in [0.25, 0.3) is 0 Å². The summed E-state index contributed by atoms with van der Waals surface area (Å²) >= 11 is 0. The Morgan fingerprint density at radius 2 is 1.74 bits per heavy atom. The van der Waals surface area contributed by atoms with Crippen molar-refractivity contribution in [3.8, 4) is 5.75 Å². The average molecular weight is 429 g/mol. The molecule has 0 spiro atoms. The number of hydrogen-bond acceptors (Lipinski definition) is 6. The first-order chi connectivity index (χ1) is 14.6. The number of ether oxygens (including phenoxy) is 2. The monoisotopic (exact) mass is 428 g/mol. The molecule has 31 heavy (non-hydrogen) atoms. The van der Waals surface area contributed by atoms with Gasteiger partial charge in [-0.05, 0) is 44.9 Å². The molecule has 1 aliphatic rings. The van der Waals surface area contributed by atoms with Crippen LogP contribution in [-0.2, 0) is 11.2 Å². The maximum Gasteiger partial charge on any atom is 0.412 e. The van der Waals surface area contributed by atoms with Gasteiger partial charge in [0.25, 0.3) is 0 Å². The second kappa shape index (κ2) is 9.26. The molecule has 4 atom stereocenters. The van der Waals surface area contributed by atoms with Gasteiger partial charge in [-0.2, -0.15) is 0 Å². The van der Waals surface area contributed by atoms with Gasteiger partial charge in [0, 0.05) is 12.5 Å². The number of aliphatic hydroxyl groups excluding tert-OH is 1. The van der Waals surface area contributed by atoms with E-state index in [1.807, 2.05) is 48.5 Å². The van der Waals surface area contributed by atoms with Gasteiger partial charge >= 0.3 is 6.09 Å². The summed E-state index contributed by atoms with van der Waals surface area (Å²) in [5.74, 6) is 0.615. The van der Waals surface area contributed by atoms with Crippen molar-refractivity contribution in [2.75, 3.05) is 6.54 Å². The molecule has 1 heterocycles. The third kappa shape index (κ3) is 5.76. The molecule has 0 bridgehead atoms. The Morgan fingerprint density at radius 3 is 2.32 bits per heavy atom. The number of nitrogens with two attached hydrogens (primary N) is 1. The summed E-state index contributed by atoms with van der Waals surface area (Å²) in [6, 6.07) is 17.8. The predicted molar refractivity (Wildman–Crippen MR) is 117 cm³/mol. The Bertz CT molecular complexity index is 855. The minimum Gasteiger partial charge on any atom is -0.488 e. The number of hydrogen-bond donors (Lipinski definition) is 3. The van der Waals surface area contributed by atoms with Crippen molar-refractivity contribution in [3.05, 3.63) is 66.2 Å². The van der Waals surface area contributed by atoms with E-state index < -0.39 is 35.7 Å². The SMILES string of the molecule is CC(C)(C)OC(=O)N1C[C@H](Oc2ccccc2)C[C@@]1(O)[C@@H](O)[C@@H](N)Cc1ccccc1. The van der Waals surface area contributed by atoms with Crippen LogP contribution < -0.4 is 10.5 Å². The molecular formula is C24H32N2O5. The van der Waals surface area contributed by atoms with Crippen LogP contribution in [0.5, 0.6) is 5.75 Å². The number of rotatable bonds is 6. The summed E-state index contributed by atoms with van der Waals surface area (Å²) in [4.78, 5) is 14.0. The molecule has 2 aromatic carbocycles. The largest absolute Gasteiger partial charge is 0.488 e. The van der Waals surface area contributed by atoms with E-state index in [0.717, 1.165) is 10.5 Å². The Kier molecular flexibility index (Phi) is 6.89. The molecule has 3 rings (SSSR count). The first-order valence-electron chi connectivity index (χ1n) is 10.5.